The Balaban J connectivity index is 1.65. The number of nitrogens with zero attached hydrogens (tertiary/aromatic N) is 3. The Morgan fingerprint density at radius 3 is 2.49 bits per heavy atom. The lowest BCUT2D eigenvalue weighted by atomic mass is 9.96. The number of ether oxygens (including phenoxy) is 2. The van der Waals surface area contributed by atoms with Crippen LogP contribution < -0.4 is 9.62 Å². The van der Waals surface area contributed by atoms with E-state index in [0.29, 0.717) is 22.8 Å². The molecule has 1 aliphatic heterocycles. The zero-order valence-electron chi connectivity index (χ0n) is 22.2. The lowest BCUT2D eigenvalue weighted by molar-refractivity contribution is -0.114. The Hall–Kier alpha value is -2.95. The first-order valence-corrected chi connectivity index (χ1v) is 14.0. The second kappa shape index (κ2) is 10.8. The highest BCUT2D eigenvalue weighted by molar-refractivity contribution is 7.92. The molecule has 1 amide bonds. The molecule has 37 heavy (non-hydrogen) atoms. The Morgan fingerprint density at radius 1 is 1.19 bits per heavy atom. The molecule has 0 unspecified atom stereocenters. The van der Waals surface area contributed by atoms with Gasteiger partial charge in [-0.1, -0.05) is 0 Å². The van der Waals surface area contributed by atoms with Crippen LogP contribution in [0.2, 0.25) is 0 Å². The number of fused-ring (bicyclic) bond motifs is 1. The SMILES string of the molecule is COC(C)(C)c1nc2cc(N(C)S(=O)(=O)c3ccc(NC(C)=O)cc3)ccc2n1CCC1CCOCC1. The number of carbonyl (C=O) groups is 1. The molecule has 0 saturated carbocycles. The number of imidazole rings is 1. The smallest absolute Gasteiger partial charge is 0.264 e. The zero-order valence-corrected chi connectivity index (χ0v) is 23.0. The number of benzene rings is 2. The number of sulfonamides is 1. The first-order chi connectivity index (χ1) is 17.5. The maximum atomic E-state index is 13.3. The van der Waals surface area contributed by atoms with Crippen LogP contribution in [0.15, 0.2) is 47.4 Å². The summed E-state index contributed by atoms with van der Waals surface area (Å²) in [7, 11) is -0.618. The summed E-state index contributed by atoms with van der Waals surface area (Å²) in [6, 6.07) is 11.7. The molecule has 9 nitrogen and oxygen atoms in total. The van der Waals surface area contributed by atoms with Crippen molar-refractivity contribution >= 4 is 38.3 Å². The number of hydrogen-bond acceptors (Lipinski definition) is 6. The third kappa shape index (κ3) is 5.81. The molecule has 3 aromatic rings. The van der Waals surface area contributed by atoms with Crippen LogP contribution in [0, 0.1) is 5.92 Å². The standard InChI is InChI=1S/C27H36N4O5S/c1-19(32)28-21-6-9-23(10-7-21)37(33,34)30(4)22-8-11-25-24(18-22)29-26(27(2,3)35-5)31(25)15-12-20-13-16-36-17-14-20/h6-11,18,20H,12-17H2,1-5H3,(H,28,32). The molecule has 0 radical (unpaired) electrons. The lowest BCUT2D eigenvalue weighted by Crippen LogP contribution is -2.26. The highest BCUT2D eigenvalue weighted by Gasteiger charge is 2.29. The molecular weight excluding hydrogens is 492 g/mol. The van der Waals surface area contributed by atoms with E-state index in [0.717, 1.165) is 50.4 Å². The summed E-state index contributed by atoms with van der Waals surface area (Å²) in [5.74, 6) is 1.20. The fourth-order valence-corrected chi connectivity index (χ4v) is 5.84. The number of hydrogen-bond donors (Lipinski definition) is 1. The van der Waals surface area contributed by atoms with Gasteiger partial charge in [-0.25, -0.2) is 13.4 Å². The van der Waals surface area contributed by atoms with E-state index in [2.05, 4.69) is 9.88 Å². The number of anilines is 2. The minimum atomic E-state index is -3.82. The van der Waals surface area contributed by atoms with Crippen molar-refractivity contribution in [2.45, 2.75) is 57.1 Å². The van der Waals surface area contributed by atoms with Crippen molar-refractivity contribution in [3.8, 4) is 0 Å². The van der Waals surface area contributed by atoms with E-state index in [9.17, 15) is 13.2 Å². The van der Waals surface area contributed by atoms with E-state index in [4.69, 9.17) is 14.5 Å². The van der Waals surface area contributed by atoms with Crippen LogP contribution in [-0.2, 0) is 36.4 Å². The van der Waals surface area contributed by atoms with Crippen molar-refractivity contribution < 1.29 is 22.7 Å². The van der Waals surface area contributed by atoms with Gasteiger partial charge in [0.25, 0.3) is 10.0 Å². The third-order valence-electron chi connectivity index (χ3n) is 7.08. The Kier molecular flexibility index (Phi) is 7.91. The average molecular weight is 529 g/mol. The van der Waals surface area contributed by atoms with Crippen LogP contribution in [0.1, 0.15) is 45.9 Å². The van der Waals surface area contributed by atoms with Gasteiger partial charge in [-0.05, 0) is 81.5 Å². The molecule has 10 heteroatoms. The first-order valence-electron chi connectivity index (χ1n) is 12.5. The van der Waals surface area contributed by atoms with Crippen molar-refractivity contribution in [3.63, 3.8) is 0 Å². The summed E-state index contributed by atoms with van der Waals surface area (Å²) in [4.78, 5) is 16.3. The van der Waals surface area contributed by atoms with Gasteiger partial charge >= 0.3 is 0 Å². The summed E-state index contributed by atoms with van der Waals surface area (Å²) in [6.45, 7) is 7.80. The number of aromatic nitrogens is 2. The second-order valence-corrected chi connectivity index (χ2v) is 12.0. The van der Waals surface area contributed by atoms with Crippen LogP contribution in [0.25, 0.3) is 11.0 Å². The van der Waals surface area contributed by atoms with E-state index < -0.39 is 15.6 Å². The predicted molar refractivity (Wildman–Crippen MR) is 144 cm³/mol. The van der Waals surface area contributed by atoms with Crippen LogP contribution in [0.5, 0.6) is 0 Å². The molecule has 4 rings (SSSR count). The number of nitrogens with one attached hydrogen (secondary N) is 1. The van der Waals surface area contributed by atoms with Crippen LogP contribution in [-0.4, -0.2) is 51.2 Å². The molecule has 1 fully saturated rings. The summed E-state index contributed by atoms with van der Waals surface area (Å²) < 4.78 is 41.4. The minimum absolute atomic E-state index is 0.132. The number of rotatable bonds is 9. The number of methoxy groups -OCH3 is 1. The maximum absolute atomic E-state index is 13.3. The van der Waals surface area contributed by atoms with E-state index in [1.165, 1.54) is 30.4 Å². The van der Waals surface area contributed by atoms with Gasteiger partial charge in [0, 0.05) is 46.5 Å². The molecule has 2 aromatic carbocycles. The van der Waals surface area contributed by atoms with E-state index in [-0.39, 0.29) is 10.8 Å². The number of aryl methyl sites for hydroxylation is 1. The first kappa shape index (κ1) is 27.1. The second-order valence-electron chi connectivity index (χ2n) is 10.00. The molecule has 1 N–H and O–H groups in total. The van der Waals surface area contributed by atoms with Gasteiger partial charge in [0.15, 0.2) is 0 Å². The van der Waals surface area contributed by atoms with Gasteiger partial charge in [-0.2, -0.15) is 0 Å². The third-order valence-corrected chi connectivity index (χ3v) is 8.88. The van der Waals surface area contributed by atoms with Crippen molar-refractivity contribution in [1.82, 2.24) is 9.55 Å². The largest absolute Gasteiger partial charge is 0.381 e. The highest BCUT2D eigenvalue weighted by atomic mass is 32.2. The lowest BCUT2D eigenvalue weighted by Gasteiger charge is -2.26. The molecule has 1 aliphatic rings. The Labute approximate surface area is 218 Å². The average Bonchev–Trinajstić information content (AvgIpc) is 3.26. The molecule has 1 aromatic heterocycles. The van der Waals surface area contributed by atoms with Crippen molar-refractivity contribution in [2.75, 3.05) is 37.0 Å². The molecule has 0 atom stereocenters. The fourth-order valence-electron chi connectivity index (χ4n) is 4.65. The quantitative estimate of drug-likeness (QED) is 0.438. The number of carbonyl (C=O) groups excluding carboxylic acids is 1. The van der Waals surface area contributed by atoms with Crippen LogP contribution in [0.3, 0.4) is 0 Å². The van der Waals surface area contributed by atoms with Gasteiger partial charge in [0.2, 0.25) is 5.91 Å². The van der Waals surface area contributed by atoms with Crippen LogP contribution in [0.4, 0.5) is 11.4 Å². The van der Waals surface area contributed by atoms with E-state index in [1.807, 2.05) is 26.0 Å². The minimum Gasteiger partial charge on any atom is -0.381 e. The summed E-state index contributed by atoms with van der Waals surface area (Å²) >= 11 is 0. The monoisotopic (exact) mass is 528 g/mol. The van der Waals surface area contributed by atoms with Gasteiger partial charge < -0.3 is 19.4 Å². The van der Waals surface area contributed by atoms with Crippen molar-refractivity contribution in [1.29, 1.82) is 0 Å². The van der Waals surface area contributed by atoms with E-state index in [1.54, 1.807) is 25.3 Å². The topological polar surface area (TPSA) is 103 Å². The molecule has 200 valence electrons. The fraction of sp³-hybridized carbons (Fsp3) is 0.481. The number of amides is 1. The predicted octanol–water partition coefficient (Wildman–Crippen LogP) is 4.52. The highest BCUT2D eigenvalue weighted by Crippen LogP contribution is 2.32. The van der Waals surface area contributed by atoms with Gasteiger partial charge in [-0.3, -0.25) is 9.10 Å². The van der Waals surface area contributed by atoms with Gasteiger partial charge in [0.1, 0.15) is 11.4 Å². The van der Waals surface area contributed by atoms with Crippen molar-refractivity contribution in [2.24, 2.45) is 5.92 Å². The summed E-state index contributed by atoms with van der Waals surface area (Å²) in [5, 5.41) is 2.65. The van der Waals surface area contributed by atoms with Gasteiger partial charge in [0.05, 0.1) is 21.6 Å². The molecule has 0 bridgehead atoms. The molecule has 2 heterocycles. The van der Waals surface area contributed by atoms with Crippen molar-refractivity contribution in [3.05, 3.63) is 48.3 Å². The van der Waals surface area contributed by atoms with E-state index >= 15 is 0 Å². The summed E-state index contributed by atoms with van der Waals surface area (Å²) in [5.41, 5.74) is 2.10. The normalized spacial score (nSPS) is 15.2. The molecule has 1 saturated heterocycles. The Bertz CT molecular complexity index is 1360. The molecule has 0 spiro atoms. The van der Waals surface area contributed by atoms with Gasteiger partial charge in [-0.15, -0.1) is 0 Å². The Morgan fingerprint density at radius 2 is 1.86 bits per heavy atom. The summed E-state index contributed by atoms with van der Waals surface area (Å²) in [6.07, 6.45) is 3.15. The molecular formula is C27H36N4O5S. The van der Waals surface area contributed by atoms with Crippen LogP contribution >= 0.6 is 0 Å². The maximum Gasteiger partial charge on any atom is 0.264 e. The molecule has 0 aliphatic carbocycles. The zero-order chi connectivity index (χ0) is 26.8.